The minimum atomic E-state index is -1.06. The topological polar surface area (TPSA) is 91.8 Å². The second kappa shape index (κ2) is 10.3. The second-order valence-corrected chi connectivity index (χ2v) is 10.2. The van der Waals surface area contributed by atoms with Gasteiger partial charge in [-0.25, -0.2) is 9.78 Å². The number of nitrogens with zero attached hydrogens (tertiary/aromatic N) is 2. The Morgan fingerprint density at radius 3 is 2.83 bits per heavy atom. The summed E-state index contributed by atoms with van der Waals surface area (Å²) in [7, 11) is 0. The third-order valence-electron chi connectivity index (χ3n) is 4.46. The standard InChI is InChI=1S/C19H21Cl2N3O4S2/c1-10-16(18(26)27)23-19(29-10)30-17(22-11(2)25)15-9-24(5-6-28-15)8-12-3-4-13(20)14(21)7-12/h3-4,7,15,17H,5-6,8-9H2,1-2H3,(H,22,25)(H,26,27)/t15-,17-/m0/s1. The number of amides is 1. The van der Waals surface area contributed by atoms with E-state index in [1.807, 2.05) is 12.1 Å². The summed E-state index contributed by atoms with van der Waals surface area (Å²) in [6.07, 6.45) is -0.284. The van der Waals surface area contributed by atoms with E-state index in [1.54, 1.807) is 13.0 Å². The summed E-state index contributed by atoms with van der Waals surface area (Å²) in [5.74, 6) is -1.25. The highest BCUT2D eigenvalue weighted by molar-refractivity contribution is 8.01. The molecule has 2 aromatic rings. The number of rotatable bonds is 7. The van der Waals surface area contributed by atoms with Gasteiger partial charge in [0, 0.05) is 31.4 Å². The number of carbonyl (C=O) groups is 2. The van der Waals surface area contributed by atoms with Gasteiger partial charge >= 0.3 is 5.97 Å². The molecule has 1 fully saturated rings. The van der Waals surface area contributed by atoms with Crippen LogP contribution in [0.2, 0.25) is 10.0 Å². The number of nitrogens with one attached hydrogen (secondary N) is 1. The molecule has 7 nitrogen and oxygen atoms in total. The van der Waals surface area contributed by atoms with Crippen LogP contribution < -0.4 is 5.32 Å². The van der Waals surface area contributed by atoms with Crippen molar-refractivity contribution in [2.75, 3.05) is 19.7 Å². The monoisotopic (exact) mass is 489 g/mol. The summed E-state index contributed by atoms with van der Waals surface area (Å²) in [5, 5.41) is 12.8. The van der Waals surface area contributed by atoms with E-state index in [2.05, 4.69) is 15.2 Å². The van der Waals surface area contributed by atoms with Crippen LogP contribution in [-0.2, 0) is 16.1 Å². The maximum atomic E-state index is 11.8. The smallest absolute Gasteiger partial charge is 0.355 e. The van der Waals surface area contributed by atoms with Crippen LogP contribution in [0.3, 0.4) is 0 Å². The minimum absolute atomic E-state index is 0.0369. The molecule has 1 aliphatic heterocycles. The molecule has 1 saturated heterocycles. The predicted octanol–water partition coefficient (Wildman–Crippen LogP) is 3.91. The third kappa shape index (κ3) is 6.09. The fraction of sp³-hybridized carbons (Fsp3) is 0.421. The van der Waals surface area contributed by atoms with Crippen molar-refractivity contribution in [1.29, 1.82) is 0 Å². The van der Waals surface area contributed by atoms with Crippen LogP contribution in [-0.4, -0.2) is 58.0 Å². The molecule has 11 heteroatoms. The van der Waals surface area contributed by atoms with Crippen molar-refractivity contribution < 1.29 is 19.4 Å². The number of hydrogen-bond donors (Lipinski definition) is 2. The zero-order valence-electron chi connectivity index (χ0n) is 16.4. The van der Waals surface area contributed by atoms with Gasteiger partial charge in [0.25, 0.3) is 0 Å². The van der Waals surface area contributed by atoms with E-state index in [0.717, 1.165) is 12.1 Å². The molecule has 1 aromatic carbocycles. The van der Waals surface area contributed by atoms with Crippen LogP contribution in [0, 0.1) is 6.92 Å². The minimum Gasteiger partial charge on any atom is -0.476 e. The average Bonchev–Trinajstić information content (AvgIpc) is 3.05. The lowest BCUT2D eigenvalue weighted by Gasteiger charge is -2.36. The molecular formula is C19H21Cl2N3O4S2. The van der Waals surface area contributed by atoms with Crippen LogP contribution >= 0.6 is 46.3 Å². The van der Waals surface area contributed by atoms with Gasteiger partial charge in [-0.2, -0.15) is 0 Å². The van der Waals surface area contributed by atoms with Gasteiger partial charge in [-0.1, -0.05) is 41.0 Å². The number of hydrogen-bond acceptors (Lipinski definition) is 7. The highest BCUT2D eigenvalue weighted by atomic mass is 35.5. The molecule has 162 valence electrons. The summed E-state index contributed by atoms with van der Waals surface area (Å²) in [6, 6.07) is 5.56. The molecule has 0 unspecified atom stereocenters. The van der Waals surface area contributed by atoms with E-state index in [4.69, 9.17) is 27.9 Å². The molecular weight excluding hydrogens is 469 g/mol. The van der Waals surface area contributed by atoms with Crippen LogP contribution in [0.5, 0.6) is 0 Å². The van der Waals surface area contributed by atoms with Gasteiger partial charge in [-0.15, -0.1) is 11.3 Å². The number of aryl methyl sites for hydroxylation is 1. The first-order chi connectivity index (χ1) is 14.2. The number of carbonyl (C=O) groups excluding carboxylic acids is 1. The van der Waals surface area contributed by atoms with Gasteiger partial charge < -0.3 is 15.2 Å². The Bertz CT molecular complexity index is 940. The lowest BCUT2D eigenvalue weighted by molar-refractivity contribution is -0.120. The first kappa shape index (κ1) is 23.3. The molecule has 0 bridgehead atoms. The summed E-state index contributed by atoms with van der Waals surface area (Å²) in [5.41, 5.74) is 1.07. The maximum absolute atomic E-state index is 11.8. The molecule has 0 radical (unpaired) electrons. The van der Waals surface area contributed by atoms with E-state index in [-0.39, 0.29) is 17.7 Å². The molecule has 0 spiro atoms. The van der Waals surface area contributed by atoms with E-state index in [0.29, 0.717) is 39.0 Å². The molecule has 1 aromatic heterocycles. The number of halogens is 2. The second-order valence-electron chi connectivity index (χ2n) is 6.82. The molecule has 2 atom stereocenters. The number of carboxylic acid groups (broad SMARTS) is 1. The Hall–Kier alpha value is -1.36. The molecule has 1 amide bonds. The zero-order valence-corrected chi connectivity index (χ0v) is 19.5. The SMILES string of the molecule is CC(=O)N[C@@H](Sc1nc(C(=O)O)c(C)s1)[C@@H]1CN(Cc2ccc(Cl)c(Cl)c2)CCO1. The van der Waals surface area contributed by atoms with Crippen molar-refractivity contribution in [2.24, 2.45) is 0 Å². The third-order valence-corrected chi connectivity index (χ3v) is 7.47. The number of aromatic carboxylic acids is 1. The predicted molar refractivity (Wildman–Crippen MR) is 119 cm³/mol. The van der Waals surface area contributed by atoms with Gasteiger partial charge in [0.05, 0.1) is 16.7 Å². The summed E-state index contributed by atoms with van der Waals surface area (Å²) in [4.78, 5) is 30.1. The average molecular weight is 490 g/mol. The number of thiazole rings is 1. The van der Waals surface area contributed by atoms with Crippen molar-refractivity contribution in [1.82, 2.24) is 15.2 Å². The Kier molecular flexibility index (Phi) is 8.00. The van der Waals surface area contributed by atoms with Crippen molar-refractivity contribution >= 4 is 58.2 Å². The van der Waals surface area contributed by atoms with Crippen molar-refractivity contribution in [3.05, 3.63) is 44.4 Å². The van der Waals surface area contributed by atoms with E-state index in [1.165, 1.54) is 30.0 Å². The first-order valence-corrected chi connectivity index (χ1v) is 11.6. The Labute approximate surface area is 192 Å². The molecule has 1 aliphatic rings. The molecule has 3 rings (SSSR count). The van der Waals surface area contributed by atoms with E-state index >= 15 is 0 Å². The number of morpholine rings is 1. The molecule has 2 heterocycles. The number of ether oxygens (including phenoxy) is 1. The Balaban J connectivity index is 1.71. The molecule has 0 saturated carbocycles. The van der Waals surface area contributed by atoms with Crippen LogP contribution in [0.15, 0.2) is 22.5 Å². The van der Waals surface area contributed by atoms with Gasteiger partial charge in [-0.05, 0) is 24.6 Å². The van der Waals surface area contributed by atoms with Crippen LogP contribution in [0.25, 0.3) is 0 Å². The Morgan fingerprint density at radius 1 is 1.43 bits per heavy atom. The normalized spacial score (nSPS) is 18.2. The first-order valence-electron chi connectivity index (χ1n) is 9.15. The van der Waals surface area contributed by atoms with Crippen molar-refractivity contribution in [2.45, 2.75) is 36.2 Å². The summed E-state index contributed by atoms with van der Waals surface area (Å²) in [6.45, 7) is 5.68. The molecule has 30 heavy (non-hydrogen) atoms. The quantitative estimate of drug-likeness (QED) is 0.449. The van der Waals surface area contributed by atoms with Gasteiger partial charge in [0.1, 0.15) is 11.5 Å². The lowest BCUT2D eigenvalue weighted by Crippen LogP contribution is -2.51. The van der Waals surface area contributed by atoms with Crippen LogP contribution in [0.4, 0.5) is 0 Å². The van der Waals surface area contributed by atoms with Crippen LogP contribution in [0.1, 0.15) is 27.9 Å². The lowest BCUT2D eigenvalue weighted by atomic mass is 10.2. The fourth-order valence-corrected chi connectivity index (χ4v) is 5.81. The van der Waals surface area contributed by atoms with Crippen molar-refractivity contribution in [3.63, 3.8) is 0 Å². The largest absolute Gasteiger partial charge is 0.476 e. The van der Waals surface area contributed by atoms with Gasteiger partial charge in [-0.3, -0.25) is 9.69 Å². The van der Waals surface area contributed by atoms with E-state index < -0.39 is 11.3 Å². The van der Waals surface area contributed by atoms with Gasteiger partial charge in [0.2, 0.25) is 5.91 Å². The Morgan fingerprint density at radius 2 is 2.20 bits per heavy atom. The van der Waals surface area contributed by atoms with Gasteiger partial charge in [0.15, 0.2) is 10.0 Å². The molecule has 2 N–H and O–H groups in total. The highest BCUT2D eigenvalue weighted by Crippen LogP contribution is 2.32. The number of carboxylic acids is 1. The fourth-order valence-electron chi connectivity index (χ4n) is 3.08. The number of benzene rings is 1. The summed E-state index contributed by atoms with van der Waals surface area (Å²) >= 11 is 14.7. The molecule has 0 aliphatic carbocycles. The zero-order chi connectivity index (χ0) is 21.8. The number of aromatic nitrogens is 1. The highest BCUT2D eigenvalue weighted by Gasteiger charge is 2.31. The maximum Gasteiger partial charge on any atom is 0.355 e. The number of thioether (sulfide) groups is 1. The summed E-state index contributed by atoms with van der Waals surface area (Å²) < 4.78 is 6.52. The van der Waals surface area contributed by atoms with E-state index in [9.17, 15) is 14.7 Å². The van der Waals surface area contributed by atoms with Crippen molar-refractivity contribution in [3.8, 4) is 0 Å².